The summed E-state index contributed by atoms with van der Waals surface area (Å²) >= 11 is 3.39. The highest BCUT2D eigenvalue weighted by Gasteiger charge is 2.23. The van der Waals surface area contributed by atoms with Crippen LogP contribution in [0.25, 0.3) is 0 Å². The second-order valence-electron chi connectivity index (χ2n) is 4.01. The van der Waals surface area contributed by atoms with Crippen molar-refractivity contribution in [2.45, 2.75) is 12.3 Å². The number of nitrogens with one attached hydrogen (secondary N) is 1. The Bertz CT molecular complexity index is 569. The van der Waals surface area contributed by atoms with Gasteiger partial charge in [0.2, 0.25) is 0 Å². The topological polar surface area (TPSA) is 75.2 Å². The van der Waals surface area contributed by atoms with Gasteiger partial charge in [0.05, 0.1) is 19.4 Å². The number of nitrogens with zero attached hydrogens (tertiary/aromatic N) is 1. The van der Waals surface area contributed by atoms with Crippen LogP contribution in [0.2, 0.25) is 0 Å². The molecular weight excluding hydrogens is 312 g/mol. The third-order valence-corrected chi connectivity index (χ3v) is 3.29. The Balaban J connectivity index is 2.48. The number of imidazole rings is 1. The number of carboxylic acid groups (broad SMARTS) is 1. The zero-order valence-corrected chi connectivity index (χ0v) is 11.8. The Hall–Kier alpha value is -1.82. The number of carbonyl (C=O) groups is 1. The summed E-state index contributed by atoms with van der Waals surface area (Å²) in [6.45, 7) is 0. The molecule has 2 aromatic rings. The number of aromatic amines is 1. The van der Waals surface area contributed by atoms with E-state index in [1.807, 2.05) is 12.1 Å². The minimum Gasteiger partial charge on any atom is -0.496 e. The molecule has 2 N–H and O–H groups in total. The lowest BCUT2D eigenvalue weighted by atomic mass is 9.94. The fraction of sp³-hybridized carbons (Fsp3) is 0.231. The maximum atomic E-state index is 11.1. The van der Waals surface area contributed by atoms with Crippen LogP contribution in [-0.4, -0.2) is 28.2 Å². The predicted octanol–water partition coefficient (Wildman–Crippen LogP) is 2.79. The van der Waals surface area contributed by atoms with Gasteiger partial charge < -0.3 is 14.8 Å². The molecule has 100 valence electrons. The average Bonchev–Trinajstić information content (AvgIpc) is 2.89. The minimum absolute atomic E-state index is 0.0552. The molecule has 0 aliphatic carbocycles. The van der Waals surface area contributed by atoms with E-state index in [4.69, 9.17) is 9.84 Å². The van der Waals surface area contributed by atoms with Crippen LogP contribution in [0.5, 0.6) is 5.75 Å². The lowest BCUT2D eigenvalue weighted by Gasteiger charge is -2.17. The fourth-order valence-corrected chi connectivity index (χ4v) is 2.35. The Morgan fingerprint density at radius 1 is 1.58 bits per heavy atom. The molecule has 0 fully saturated rings. The van der Waals surface area contributed by atoms with Gasteiger partial charge in [-0.1, -0.05) is 15.9 Å². The number of benzene rings is 1. The van der Waals surface area contributed by atoms with Gasteiger partial charge in [0.1, 0.15) is 11.6 Å². The maximum absolute atomic E-state index is 11.1. The Morgan fingerprint density at radius 2 is 2.37 bits per heavy atom. The molecule has 1 atom stereocenters. The summed E-state index contributed by atoms with van der Waals surface area (Å²) in [5, 5.41) is 9.08. The number of methoxy groups -OCH3 is 1. The van der Waals surface area contributed by atoms with Gasteiger partial charge in [-0.2, -0.15) is 0 Å². The van der Waals surface area contributed by atoms with Crippen LogP contribution in [0, 0.1) is 0 Å². The Kier molecular flexibility index (Phi) is 4.21. The molecular formula is C13H13BrN2O3. The third-order valence-electron chi connectivity index (χ3n) is 2.80. The molecule has 6 heteroatoms. The number of rotatable bonds is 5. The van der Waals surface area contributed by atoms with Gasteiger partial charge in [0.15, 0.2) is 0 Å². The van der Waals surface area contributed by atoms with E-state index in [1.54, 1.807) is 25.6 Å². The molecule has 0 spiro atoms. The van der Waals surface area contributed by atoms with Crippen molar-refractivity contribution in [3.05, 3.63) is 46.5 Å². The number of halogens is 1. The molecule has 0 saturated carbocycles. The summed E-state index contributed by atoms with van der Waals surface area (Å²) in [6.07, 6.45) is 3.23. The van der Waals surface area contributed by atoms with Crippen molar-refractivity contribution in [3.63, 3.8) is 0 Å². The summed E-state index contributed by atoms with van der Waals surface area (Å²) < 4.78 is 6.17. The first-order chi connectivity index (χ1) is 9.11. The summed E-state index contributed by atoms with van der Waals surface area (Å²) in [4.78, 5) is 18.2. The standard InChI is InChI=1S/C13H13BrN2O3/c1-19-11-3-2-8(14)6-9(11)10(7-12(17)18)13-15-4-5-16-13/h2-6,10H,7H2,1H3,(H,15,16)(H,17,18). The highest BCUT2D eigenvalue weighted by molar-refractivity contribution is 9.10. The molecule has 1 heterocycles. The number of hydrogen-bond donors (Lipinski definition) is 2. The van der Waals surface area contributed by atoms with Crippen LogP contribution >= 0.6 is 15.9 Å². The van der Waals surface area contributed by atoms with Crippen LogP contribution in [0.1, 0.15) is 23.7 Å². The van der Waals surface area contributed by atoms with E-state index >= 15 is 0 Å². The molecule has 1 aromatic carbocycles. The van der Waals surface area contributed by atoms with Gasteiger partial charge in [-0.15, -0.1) is 0 Å². The highest BCUT2D eigenvalue weighted by atomic mass is 79.9. The van der Waals surface area contributed by atoms with Crippen molar-refractivity contribution in [1.82, 2.24) is 9.97 Å². The molecule has 0 radical (unpaired) electrons. The fourth-order valence-electron chi connectivity index (χ4n) is 1.97. The van der Waals surface area contributed by atoms with Gasteiger partial charge in [0, 0.05) is 22.4 Å². The quantitative estimate of drug-likeness (QED) is 0.886. The number of ether oxygens (including phenoxy) is 1. The normalized spacial score (nSPS) is 12.1. The van der Waals surface area contributed by atoms with Crippen molar-refractivity contribution in [2.24, 2.45) is 0 Å². The van der Waals surface area contributed by atoms with Crippen LogP contribution in [0.4, 0.5) is 0 Å². The van der Waals surface area contributed by atoms with Gasteiger partial charge in [-0.25, -0.2) is 4.98 Å². The summed E-state index contributed by atoms with van der Waals surface area (Å²) in [7, 11) is 1.56. The van der Waals surface area contributed by atoms with Crippen molar-refractivity contribution in [2.75, 3.05) is 7.11 Å². The summed E-state index contributed by atoms with van der Waals surface area (Å²) in [5.74, 6) is -0.00646. The lowest BCUT2D eigenvalue weighted by molar-refractivity contribution is -0.137. The summed E-state index contributed by atoms with van der Waals surface area (Å²) in [5.41, 5.74) is 0.786. The minimum atomic E-state index is -0.886. The summed E-state index contributed by atoms with van der Waals surface area (Å²) in [6, 6.07) is 5.51. The third kappa shape index (κ3) is 3.14. The van der Waals surface area contributed by atoms with E-state index in [0.717, 1.165) is 10.0 Å². The lowest BCUT2D eigenvalue weighted by Crippen LogP contribution is -2.10. The Morgan fingerprint density at radius 3 is 2.95 bits per heavy atom. The zero-order valence-electron chi connectivity index (χ0n) is 10.3. The number of aliphatic carboxylic acids is 1. The highest BCUT2D eigenvalue weighted by Crippen LogP contribution is 2.34. The van der Waals surface area contributed by atoms with E-state index in [1.165, 1.54) is 0 Å². The van der Waals surface area contributed by atoms with Crippen molar-refractivity contribution in [1.29, 1.82) is 0 Å². The monoisotopic (exact) mass is 324 g/mol. The van der Waals surface area contributed by atoms with E-state index in [0.29, 0.717) is 11.6 Å². The number of hydrogen-bond acceptors (Lipinski definition) is 3. The zero-order chi connectivity index (χ0) is 13.8. The van der Waals surface area contributed by atoms with Crippen LogP contribution in [-0.2, 0) is 4.79 Å². The maximum Gasteiger partial charge on any atom is 0.304 e. The first kappa shape index (κ1) is 13.6. The molecule has 0 aliphatic rings. The van der Waals surface area contributed by atoms with Gasteiger partial charge in [-0.05, 0) is 18.2 Å². The molecule has 0 saturated heterocycles. The Labute approximate surface area is 118 Å². The van der Waals surface area contributed by atoms with Crippen molar-refractivity contribution in [3.8, 4) is 5.75 Å². The molecule has 1 unspecified atom stereocenters. The molecule has 5 nitrogen and oxygen atoms in total. The van der Waals surface area contributed by atoms with Gasteiger partial charge in [-0.3, -0.25) is 4.79 Å². The number of carboxylic acids is 1. The first-order valence-corrected chi connectivity index (χ1v) is 6.45. The van der Waals surface area contributed by atoms with E-state index in [9.17, 15) is 4.79 Å². The van der Waals surface area contributed by atoms with Crippen molar-refractivity contribution >= 4 is 21.9 Å². The predicted molar refractivity (Wildman–Crippen MR) is 73.4 cm³/mol. The number of H-pyrrole nitrogens is 1. The molecule has 0 amide bonds. The smallest absolute Gasteiger partial charge is 0.304 e. The molecule has 0 aliphatic heterocycles. The molecule has 19 heavy (non-hydrogen) atoms. The van der Waals surface area contributed by atoms with Crippen LogP contribution < -0.4 is 4.74 Å². The van der Waals surface area contributed by atoms with Gasteiger partial charge >= 0.3 is 5.97 Å². The SMILES string of the molecule is COc1ccc(Br)cc1C(CC(=O)O)c1ncc[nH]1. The van der Waals surface area contributed by atoms with Crippen LogP contribution in [0.3, 0.4) is 0 Å². The number of aromatic nitrogens is 2. The van der Waals surface area contributed by atoms with Crippen LogP contribution in [0.15, 0.2) is 35.1 Å². The largest absolute Gasteiger partial charge is 0.496 e. The second-order valence-corrected chi connectivity index (χ2v) is 4.93. The van der Waals surface area contributed by atoms with E-state index in [-0.39, 0.29) is 12.3 Å². The first-order valence-electron chi connectivity index (χ1n) is 5.66. The van der Waals surface area contributed by atoms with Crippen molar-refractivity contribution < 1.29 is 14.6 Å². The molecule has 2 rings (SSSR count). The second kappa shape index (κ2) is 5.88. The average molecular weight is 325 g/mol. The molecule has 0 bridgehead atoms. The molecule has 1 aromatic heterocycles. The van der Waals surface area contributed by atoms with E-state index in [2.05, 4.69) is 25.9 Å². The van der Waals surface area contributed by atoms with E-state index < -0.39 is 5.97 Å². The van der Waals surface area contributed by atoms with Gasteiger partial charge in [0.25, 0.3) is 0 Å².